The molecule has 0 radical (unpaired) electrons. The van der Waals surface area contributed by atoms with Crippen molar-refractivity contribution < 1.29 is 4.79 Å². The summed E-state index contributed by atoms with van der Waals surface area (Å²) in [4.78, 5) is 16.2. The van der Waals surface area contributed by atoms with Crippen LogP contribution in [-0.2, 0) is 11.2 Å². The van der Waals surface area contributed by atoms with Crippen LogP contribution in [0.3, 0.4) is 0 Å². The highest BCUT2D eigenvalue weighted by molar-refractivity contribution is 9.10. The minimum absolute atomic E-state index is 0.0891. The Labute approximate surface area is 133 Å². The molecule has 1 aromatic carbocycles. The van der Waals surface area contributed by atoms with Gasteiger partial charge in [-0.25, -0.2) is 4.98 Å². The molecule has 0 bridgehead atoms. The molecule has 20 heavy (non-hydrogen) atoms. The summed E-state index contributed by atoms with van der Waals surface area (Å²) in [5.74, 6) is 1.03. The molecule has 106 valence electrons. The molecule has 1 amide bonds. The van der Waals surface area contributed by atoms with Crippen LogP contribution < -0.4 is 11.1 Å². The monoisotopic (exact) mass is 372 g/mol. The van der Waals surface area contributed by atoms with Crippen LogP contribution in [0.4, 0.5) is 11.4 Å². The molecule has 3 N–H and O–H groups in total. The van der Waals surface area contributed by atoms with Gasteiger partial charge < -0.3 is 11.1 Å². The number of nitrogens with one attached hydrogen (secondary N) is 1. The summed E-state index contributed by atoms with van der Waals surface area (Å²) in [6.45, 7) is 2.00. The van der Waals surface area contributed by atoms with Gasteiger partial charge in [-0.05, 0) is 45.7 Å². The molecule has 2 rings (SSSR count). The Hall–Kier alpha value is -1.12. The Morgan fingerprint density at radius 2 is 2.35 bits per heavy atom. The molecule has 8 heteroatoms. The minimum Gasteiger partial charge on any atom is -0.399 e. The predicted molar refractivity (Wildman–Crippen MR) is 87.2 cm³/mol. The van der Waals surface area contributed by atoms with Crippen LogP contribution in [0.25, 0.3) is 0 Å². The van der Waals surface area contributed by atoms with Crippen molar-refractivity contribution in [3.05, 3.63) is 28.5 Å². The average molecular weight is 373 g/mol. The van der Waals surface area contributed by atoms with Gasteiger partial charge in [0, 0.05) is 16.6 Å². The van der Waals surface area contributed by atoms with E-state index >= 15 is 0 Å². The quantitative estimate of drug-likeness (QED) is 0.622. The van der Waals surface area contributed by atoms with Gasteiger partial charge >= 0.3 is 0 Å². The zero-order valence-electron chi connectivity index (χ0n) is 10.7. The Kier molecular flexibility index (Phi) is 5.38. The standard InChI is InChI=1S/C12H13BrN4OS2/c1-2-10-16-12(20-17-10)19-6-11(18)15-9-4-3-7(14)5-8(9)13/h3-5H,2,6,14H2,1H3,(H,15,18). The first kappa shape index (κ1) is 15.3. The van der Waals surface area contributed by atoms with Crippen LogP contribution in [0.2, 0.25) is 0 Å². The van der Waals surface area contributed by atoms with E-state index in [1.54, 1.807) is 18.2 Å². The largest absolute Gasteiger partial charge is 0.399 e. The summed E-state index contributed by atoms with van der Waals surface area (Å²) in [5.41, 5.74) is 7.00. The lowest BCUT2D eigenvalue weighted by molar-refractivity contribution is -0.113. The van der Waals surface area contributed by atoms with Gasteiger partial charge in [-0.15, -0.1) is 0 Å². The van der Waals surface area contributed by atoms with E-state index in [1.165, 1.54) is 23.3 Å². The zero-order valence-corrected chi connectivity index (χ0v) is 13.9. The number of amides is 1. The number of nitrogens with two attached hydrogens (primary N) is 1. The molecule has 0 atom stereocenters. The highest BCUT2D eigenvalue weighted by Crippen LogP contribution is 2.25. The molecule has 1 aromatic heterocycles. The van der Waals surface area contributed by atoms with Crippen molar-refractivity contribution in [3.8, 4) is 0 Å². The van der Waals surface area contributed by atoms with Crippen molar-refractivity contribution >= 4 is 56.5 Å². The number of carbonyl (C=O) groups is 1. The molecule has 1 heterocycles. The normalized spacial score (nSPS) is 10.5. The first-order chi connectivity index (χ1) is 9.58. The average Bonchev–Trinajstić information content (AvgIpc) is 2.88. The van der Waals surface area contributed by atoms with Crippen molar-refractivity contribution in [2.75, 3.05) is 16.8 Å². The number of nitrogen functional groups attached to an aromatic ring is 1. The molecular formula is C12H13BrN4OS2. The van der Waals surface area contributed by atoms with Gasteiger partial charge in [0.1, 0.15) is 5.82 Å². The van der Waals surface area contributed by atoms with E-state index in [4.69, 9.17) is 5.73 Å². The van der Waals surface area contributed by atoms with Crippen LogP contribution in [0.1, 0.15) is 12.7 Å². The molecule has 5 nitrogen and oxygen atoms in total. The van der Waals surface area contributed by atoms with Crippen molar-refractivity contribution in [2.24, 2.45) is 0 Å². The Bertz CT molecular complexity index is 617. The summed E-state index contributed by atoms with van der Waals surface area (Å²) >= 11 is 6.07. The topological polar surface area (TPSA) is 80.9 Å². The van der Waals surface area contributed by atoms with Crippen LogP contribution in [-0.4, -0.2) is 21.0 Å². The molecule has 0 fully saturated rings. The summed E-state index contributed by atoms with van der Waals surface area (Å²) in [5, 5.41) is 2.82. The Morgan fingerprint density at radius 3 is 3.00 bits per heavy atom. The van der Waals surface area contributed by atoms with Gasteiger partial charge in [0.15, 0.2) is 4.34 Å². The SMILES string of the molecule is CCc1nsc(SCC(=O)Nc2ccc(N)cc2Br)n1. The third kappa shape index (κ3) is 4.19. The Balaban J connectivity index is 1.89. The van der Waals surface area contributed by atoms with E-state index in [9.17, 15) is 4.79 Å². The van der Waals surface area contributed by atoms with Crippen LogP contribution in [0.5, 0.6) is 0 Å². The van der Waals surface area contributed by atoms with E-state index in [0.717, 1.165) is 21.1 Å². The molecule has 0 aliphatic heterocycles. The summed E-state index contributed by atoms with van der Waals surface area (Å²) in [6, 6.07) is 5.26. The number of hydrogen-bond acceptors (Lipinski definition) is 6. The van der Waals surface area contributed by atoms with E-state index in [1.807, 2.05) is 6.92 Å². The van der Waals surface area contributed by atoms with Gasteiger partial charge in [-0.3, -0.25) is 4.79 Å². The van der Waals surface area contributed by atoms with Crippen molar-refractivity contribution in [1.82, 2.24) is 9.36 Å². The number of benzene rings is 1. The fraction of sp³-hybridized carbons (Fsp3) is 0.250. The van der Waals surface area contributed by atoms with Crippen molar-refractivity contribution in [1.29, 1.82) is 0 Å². The second-order valence-corrected chi connectivity index (χ2v) is 6.73. The molecule has 0 unspecified atom stereocenters. The summed E-state index contributed by atoms with van der Waals surface area (Å²) in [7, 11) is 0. The molecule has 0 saturated carbocycles. The maximum Gasteiger partial charge on any atom is 0.234 e. The third-order valence-electron chi connectivity index (χ3n) is 2.36. The molecule has 0 spiro atoms. The summed E-state index contributed by atoms with van der Waals surface area (Å²) < 4.78 is 5.75. The van der Waals surface area contributed by atoms with E-state index in [0.29, 0.717) is 17.1 Å². The number of anilines is 2. The number of aromatic nitrogens is 2. The van der Waals surface area contributed by atoms with Crippen LogP contribution in [0.15, 0.2) is 27.0 Å². The van der Waals surface area contributed by atoms with E-state index < -0.39 is 0 Å². The lowest BCUT2D eigenvalue weighted by Gasteiger charge is -2.07. The predicted octanol–water partition coefficient (Wildman–Crippen LogP) is 3.18. The fourth-order valence-corrected chi connectivity index (χ4v) is 3.38. The number of hydrogen-bond donors (Lipinski definition) is 2. The second-order valence-electron chi connectivity index (χ2n) is 3.91. The number of rotatable bonds is 5. The smallest absolute Gasteiger partial charge is 0.234 e. The number of halogens is 1. The first-order valence-corrected chi connectivity index (χ1v) is 8.44. The van der Waals surface area contributed by atoms with E-state index in [-0.39, 0.29) is 5.91 Å². The number of aryl methyl sites for hydroxylation is 1. The van der Waals surface area contributed by atoms with Gasteiger partial charge in [0.05, 0.1) is 11.4 Å². The maximum atomic E-state index is 11.9. The third-order valence-corrected chi connectivity index (χ3v) is 4.89. The van der Waals surface area contributed by atoms with Crippen LogP contribution in [0, 0.1) is 0 Å². The van der Waals surface area contributed by atoms with E-state index in [2.05, 4.69) is 30.6 Å². The van der Waals surface area contributed by atoms with Gasteiger partial charge in [0.2, 0.25) is 5.91 Å². The van der Waals surface area contributed by atoms with Crippen LogP contribution >= 0.6 is 39.2 Å². The molecule has 2 aromatic rings. The minimum atomic E-state index is -0.0891. The lowest BCUT2D eigenvalue weighted by Crippen LogP contribution is -2.14. The highest BCUT2D eigenvalue weighted by atomic mass is 79.9. The van der Waals surface area contributed by atoms with Gasteiger partial charge in [0.25, 0.3) is 0 Å². The zero-order chi connectivity index (χ0) is 14.5. The molecule has 0 aliphatic rings. The number of thioether (sulfide) groups is 1. The molecular weight excluding hydrogens is 360 g/mol. The lowest BCUT2D eigenvalue weighted by atomic mass is 10.3. The number of carbonyl (C=O) groups excluding carboxylic acids is 1. The molecule has 0 saturated heterocycles. The first-order valence-electron chi connectivity index (χ1n) is 5.88. The number of nitrogens with zero attached hydrogens (tertiary/aromatic N) is 2. The van der Waals surface area contributed by atoms with Gasteiger partial charge in [-0.1, -0.05) is 18.7 Å². The van der Waals surface area contributed by atoms with Gasteiger partial charge in [-0.2, -0.15) is 4.37 Å². The van der Waals surface area contributed by atoms with Crippen molar-refractivity contribution in [3.63, 3.8) is 0 Å². The second kappa shape index (κ2) is 7.05. The summed E-state index contributed by atoms with van der Waals surface area (Å²) in [6.07, 6.45) is 0.807. The molecule has 0 aliphatic carbocycles. The Morgan fingerprint density at radius 1 is 1.55 bits per heavy atom. The maximum absolute atomic E-state index is 11.9. The highest BCUT2D eigenvalue weighted by Gasteiger charge is 2.09. The fourth-order valence-electron chi connectivity index (χ4n) is 1.39. The van der Waals surface area contributed by atoms with Crippen molar-refractivity contribution in [2.45, 2.75) is 17.7 Å².